The number of carbonyl (C=O) groups excluding carboxylic acids is 2. The van der Waals surface area contributed by atoms with Crippen LogP contribution in [0.25, 0.3) is 5.57 Å². The van der Waals surface area contributed by atoms with Gasteiger partial charge in [0.05, 0.1) is 25.3 Å². The van der Waals surface area contributed by atoms with Crippen LogP contribution in [0.1, 0.15) is 24.0 Å². The van der Waals surface area contributed by atoms with E-state index >= 15 is 0 Å². The fraction of sp³-hybridized carbons (Fsp3) is 0.333. The number of fused-ring (bicyclic) bond motifs is 2. The number of hydrogen-bond acceptors (Lipinski definition) is 4. The number of Topliss-reactive ketones (excluding diaryl/α,β-unsaturated/α-hetero) is 1. The summed E-state index contributed by atoms with van der Waals surface area (Å²) < 4.78 is 11.2. The number of ether oxygens (including phenoxy) is 2. The maximum Gasteiger partial charge on any atom is 0.410 e. The van der Waals surface area contributed by atoms with Crippen molar-refractivity contribution < 1.29 is 19.1 Å². The van der Waals surface area contributed by atoms with Crippen molar-refractivity contribution in [3.8, 4) is 0 Å². The van der Waals surface area contributed by atoms with Crippen LogP contribution in [-0.4, -0.2) is 42.1 Å². The minimum Gasteiger partial charge on any atom is -0.445 e. The van der Waals surface area contributed by atoms with Gasteiger partial charge in [-0.05, 0) is 24.0 Å². The van der Waals surface area contributed by atoms with E-state index in [0.717, 1.165) is 11.1 Å². The van der Waals surface area contributed by atoms with E-state index < -0.39 is 0 Å². The van der Waals surface area contributed by atoms with E-state index in [4.69, 9.17) is 9.47 Å². The van der Waals surface area contributed by atoms with Crippen molar-refractivity contribution in [3.05, 3.63) is 78.4 Å². The van der Waals surface area contributed by atoms with Crippen LogP contribution >= 0.6 is 0 Å². The van der Waals surface area contributed by atoms with E-state index in [-0.39, 0.29) is 36.5 Å². The van der Waals surface area contributed by atoms with Crippen molar-refractivity contribution in [2.45, 2.75) is 31.5 Å². The van der Waals surface area contributed by atoms with E-state index in [1.165, 1.54) is 0 Å². The molecule has 2 aliphatic rings. The molecule has 5 nitrogen and oxygen atoms in total. The van der Waals surface area contributed by atoms with Gasteiger partial charge in [-0.1, -0.05) is 67.2 Å². The number of rotatable bonds is 5. The normalized spacial score (nSPS) is 23.3. The molecule has 4 rings (SSSR count). The van der Waals surface area contributed by atoms with Crippen LogP contribution in [0, 0.1) is 5.92 Å². The van der Waals surface area contributed by atoms with Gasteiger partial charge in [-0.15, -0.1) is 0 Å². The first-order valence-corrected chi connectivity index (χ1v) is 9.99. The molecule has 5 heteroatoms. The first kappa shape index (κ1) is 19.4. The Morgan fingerprint density at radius 2 is 1.55 bits per heavy atom. The average Bonchev–Trinajstić information content (AvgIpc) is 2.77. The maximum absolute atomic E-state index is 13.0. The number of morpholine rings is 1. The molecule has 2 bridgehead atoms. The molecule has 1 amide bonds. The summed E-state index contributed by atoms with van der Waals surface area (Å²) in [5.41, 5.74) is 2.34. The second-order valence-electron chi connectivity index (χ2n) is 7.67. The van der Waals surface area contributed by atoms with Gasteiger partial charge in [-0.3, -0.25) is 9.69 Å². The van der Waals surface area contributed by atoms with Crippen LogP contribution < -0.4 is 0 Å². The van der Waals surface area contributed by atoms with Crippen LogP contribution in [0.2, 0.25) is 0 Å². The molecule has 0 N–H and O–H groups in total. The van der Waals surface area contributed by atoms with Gasteiger partial charge in [-0.2, -0.15) is 0 Å². The van der Waals surface area contributed by atoms with Crippen LogP contribution in [-0.2, 0) is 20.9 Å². The molecule has 150 valence electrons. The Bertz CT molecular complexity index is 866. The lowest BCUT2D eigenvalue weighted by Crippen LogP contribution is -2.60. The van der Waals surface area contributed by atoms with E-state index in [1.807, 2.05) is 60.7 Å². The third-order valence-corrected chi connectivity index (χ3v) is 5.73. The predicted molar refractivity (Wildman–Crippen MR) is 110 cm³/mol. The second kappa shape index (κ2) is 8.62. The Balaban J connectivity index is 1.41. The Labute approximate surface area is 170 Å². The van der Waals surface area contributed by atoms with E-state index in [2.05, 4.69) is 6.58 Å². The quantitative estimate of drug-likeness (QED) is 0.721. The number of nitrogens with zero attached hydrogens (tertiary/aromatic N) is 1. The SMILES string of the molecule is C=C(C(=O)C1CC2COCC(C1)N2C(=O)OCc1ccccc1)c1ccccc1. The molecule has 2 unspecified atom stereocenters. The van der Waals surface area contributed by atoms with Crippen LogP contribution in [0.15, 0.2) is 67.2 Å². The first-order chi connectivity index (χ1) is 14.1. The monoisotopic (exact) mass is 391 g/mol. The Hall–Kier alpha value is -2.92. The topological polar surface area (TPSA) is 55.8 Å². The highest BCUT2D eigenvalue weighted by Crippen LogP contribution is 2.35. The molecule has 2 saturated heterocycles. The standard InChI is InChI=1S/C24H25NO4/c1-17(19-10-6-3-7-11-19)23(26)20-12-21-15-28-16-22(13-20)25(21)24(27)29-14-18-8-4-2-5-9-18/h2-11,20-22H,1,12-16H2. The van der Waals surface area contributed by atoms with Gasteiger partial charge in [0.1, 0.15) is 6.61 Å². The number of benzene rings is 2. The predicted octanol–water partition coefficient (Wildman–Crippen LogP) is 4.09. The number of amides is 1. The summed E-state index contributed by atoms with van der Waals surface area (Å²) in [4.78, 5) is 27.6. The summed E-state index contributed by atoms with van der Waals surface area (Å²) in [6.07, 6.45) is 0.809. The van der Waals surface area contributed by atoms with Crippen molar-refractivity contribution in [1.29, 1.82) is 0 Å². The van der Waals surface area contributed by atoms with Crippen molar-refractivity contribution in [3.63, 3.8) is 0 Å². The van der Waals surface area contributed by atoms with Crippen molar-refractivity contribution in [2.24, 2.45) is 5.92 Å². The lowest BCUT2D eigenvalue weighted by molar-refractivity contribution is -0.125. The number of hydrogen-bond donors (Lipinski definition) is 0. The first-order valence-electron chi connectivity index (χ1n) is 9.99. The zero-order valence-electron chi connectivity index (χ0n) is 16.3. The summed E-state index contributed by atoms with van der Waals surface area (Å²) in [5, 5.41) is 0. The molecule has 2 aromatic rings. The lowest BCUT2D eigenvalue weighted by atomic mass is 9.80. The minimum atomic E-state index is -0.333. The molecule has 0 saturated carbocycles. The zero-order chi connectivity index (χ0) is 20.2. The van der Waals surface area contributed by atoms with Crippen LogP contribution in [0.4, 0.5) is 4.79 Å². The van der Waals surface area contributed by atoms with Gasteiger partial charge in [0.15, 0.2) is 5.78 Å². The van der Waals surface area contributed by atoms with Crippen molar-refractivity contribution >= 4 is 17.4 Å². The van der Waals surface area contributed by atoms with Gasteiger partial charge in [0, 0.05) is 11.5 Å². The minimum absolute atomic E-state index is 0.0606. The molecule has 2 heterocycles. The van der Waals surface area contributed by atoms with Crippen molar-refractivity contribution in [2.75, 3.05) is 13.2 Å². The van der Waals surface area contributed by atoms with Crippen LogP contribution in [0.5, 0.6) is 0 Å². The van der Waals surface area contributed by atoms with Gasteiger partial charge >= 0.3 is 6.09 Å². The molecule has 2 aliphatic heterocycles. The van der Waals surface area contributed by atoms with Crippen molar-refractivity contribution in [1.82, 2.24) is 4.90 Å². The summed E-state index contributed by atoms with van der Waals surface area (Å²) >= 11 is 0. The summed E-state index contributed by atoms with van der Waals surface area (Å²) in [7, 11) is 0. The van der Waals surface area contributed by atoms with Gasteiger partial charge in [0.2, 0.25) is 0 Å². The highest BCUT2D eigenvalue weighted by atomic mass is 16.6. The highest BCUT2D eigenvalue weighted by Gasteiger charge is 2.44. The fourth-order valence-electron chi connectivity index (χ4n) is 4.25. The number of ketones is 1. The van der Waals surface area contributed by atoms with E-state index in [9.17, 15) is 9.59 Å². The second-order valence-corrected chi connectivity index (χ2v) is 7.67. The molecule has 0 spiro atoms. The fourth-order valence-corrected chi connectivity index (χ4v) is 4.25. The highest BCUT2D eigenvalue weighted by molar-refractivity contribution is 6.21. The molecule has 0 radical (unpaired) electrons. The molecule has 2 aromatic carbocycles. The van der Waals surface area contributed by atoms with Crippen LogP contribution in [0.3, 0.4) is 0 Å². The zero-order valence-corrected chi connectivity index (χ0v) is 16.3. The molecule has 29 heavy (non-hydrogen) atoms. The largest absolute Gasteiger partial charge is 0.445 e. The molecule has 0 aromatic heterocycles. The number of piperidine rings is 1. The number of carbonyl (C=O) groups is 2. The van der Waals surface area contributed by atoms with E-state index in [0.29, 0.717) is 31.6 Å². The van der Waals surface area contributed by atoms with Gasteiger partial charge < -0.3 is 9.47 Å². The summed E-state index contributed by atoms with van der Waals surface area (Å²) in [6, 6.07) is 18.9. The average molecular weight is 391 g/mol. The smallest absolute Gasteiger partial charge is 0.410 e. The molecular formula is C24H25NO4. The molecule has 0 aliphatic carbocycles. The Kier molecular flexibility index (Phi) is 5.76. The molecule has 2 fully saturated rings. The van der Waals surface area contributed by atoms with Gasteiger partial charge in [-0.25, -0.2) is 4.79 Å². The third-order valence-electron chi connectivity index (χ3n) is 5.73. The Morgan fingerprint density at radius 1 is 0.966 bits per heavy atom. The summed E-state index contributed by atoms with van der Waals surface area (Å²) in [5.74, 6) is -0.0924. The molecule has 2 atom stereocenters. The number of allylic oxidation sites excluding steroid dienone is 1. The Morgan fingerprint density at radius 3 is 2.17 bits per heavy atom. The summed E-state index contributed by atoms with van der Waals surface area (Å²) in [6.45, 7) is 5.12. The maximum atomic E-state index is 13.0. The lowest BCUT2D eigenvalue weighted by Gasteiger charge is -2.47. The molecular weight excluding hydrogens is 366 g/mol. The van der Waals surface area contributed by atoms with Gasteiger partial charge in [0.25, 0.3) is 0 Å². The van der Waals surface area contributed by atoms with E-state index in [1.54, 1.807) is 4.90 Å². The third kappa shape index (κ3) is 4.25.